The number of benzene rings is 3. The normalized spacial score (nSPS) is 13.5. The number of nitrogens with zero attached hydrogens (tertiary/aromatic N) is 1. The molecule has 29 heavy (non-hydrogen) atoms. The zero-order valence-corrected chi connectivity index (χ0v) is 15.4. The number of hydrogen-bond donors (Lipinski definition) is 1. The monoisotopic (exact) mass is 388 g/mol. The number of rotatable bonds is 3. The van der Waals surface area contributed by atoms with Crippen LogP contribution >= 0.6 is 0 Å². The minimum atomic E-state index is -0.351. The zero-order chi connectivity index (χ0) is 19.6. The summed E-state index contributed by atoms with van der Waals surface area (Å²) in [7, 11) is 0. The molecule has 4 aromatic rings. The number of para-hydroxylation sites is 1. The summed E-state index contributed by atoms with van der Waals surface area (Å²) in [6, 6.07) is 21.4. The van der Waals surface area contributed by atoms with Gasteiger partial charge in [0.1, 0.15) is 30.4 Å². The van der Waals surface area contributed by atoms with E-state index in [2.05, 4.69) is 10.5 Å². The first-order chi connectivity index (χ1) is 14.3. The Hall–Kier alpha value is -3.80. The molecule has 1 aliphatic heterocycles. The standard InChI is InChI=1S/C23H17FN2O3/c24-16-7-9-20-18(13-16)19(26-25-17-4-2-1-3-5-17)14-22(29-20)15-6-8-21-23(12-15)28-11-10-27-21/h1-9,12-14,25H,10-11H2/b26-19-. The van der Waals surface area contributed by atoms with E-state index < -0.39 is 0 Å². The van der Waals surface area contributed by atoms with Crippen molar-refractivity contribution in [2.45, 2.75) is 0 Å². The second kappa shape index (κ2) is 7.31. The van der Waals surface area contributed by atoms with Crippen molar-refractivity contribution in [3.8, 4) is 22.8 Å². The third kappa shape index (κ3) is 3.52. The molecule has 1 N–H and O–H groups in total. The van der Waals surface area contributed by atoms with Gasteiger partial charge in [0, 0.05) is 17.0 Å². The van der Waals surface area contributed by atoms with Crippen LogP contribution in [0.25, 0.3) is 22.3 Å². The van der Waals surface area contributed by atoms with Crippen LogP contribution in [0.2, 0.25) is 0 Å². The molecule has 0 unspecified atom stereocenters. The summed E-state index contributed by atoms with van der Waals surface area (Å²) in [6.07, 6.45) is 0. The molecule has 3 aromatic carbocycles. The van der Waals surface area contributed by atoms with Crippen molar-refractivity contribution in [2.75, 3.05) is 18.6 Å². The Labute approximate surface area is 166 Å². The van der Waals surface area contributed by atoms with Crippen LogP contribution in [-0.2, 0) is 0 Å². The van der Waals surface area contributed by atoms with Gasteiger partial charge in [-0.2, -0.15) is 5.10 Å². The number of hydrogen-bond acceptors (Lipinski definition) is 5. The van der Waals surface area contributed by atoms with E-state index >= 15 is 0 Å². The second-order valence-electron chi connectivity index (χ2n) is 6.58. The molecule has 0 saturated carbocycles. The highest BCUT2D eigenvalue weighted by molar-refractivity contribution is 5.79. The number of halogens is 1. The van der Waals surface area contributed by atoms with Gasteiger partial charge in [0.25, 0.3) is 0 Å². The molecular weight excluding hydrogens is 371 g/mol. The number of fused-ring (bicyclic) bond motifs is 2. The molecule has 5 rings (SSSR count). The fourth-order valence-electron chi connectivity index (χ4n) is 3.21. The average Bonchev–Trinajstić information content (AvgIpc) is 2.78. The number of anilines is 1. The first-order valence-electron chi connectivity index (χ1n) is 9.24. The van der Waals surface area contributed by atoms with Gasteiger partial charge >= 0.3 is 0 Å². The molecular formula is C23H17FN2O3. The van der Waals surface area contributed by atoms with Gasteiger partial charge in [0.15, 0.2) is 11.5 Å². The summed E-state index contributed by atoms with van der Waals surface area (Å²) in [5.74, 6) is 1.62. The SMILES string of the molecule is Fc1ccc2oc(-c3ccc4c(c3)OCCO4)c/c(=N/Nc3ccccc3)c2c1. The van der Waals surface area contributed by atoms with Crippen LogP contribution in [0.5, 0.6) is 11.5 Å². The molecule has 0 atom stereocenters. The number of nitrogens with one attached hydrogen (secondary N) is 1. The summed E-state index contributed by atoms with van der Waals surface area (Å²) in [4.78, 5) is 0. The molecule has 2 heterocycles. The maximum Gasteiger partial charge on any atom is 0.162 e. The quantitative estimate of drug-likeness (QED) is 0.505. The van der Waals surface area contributed by atoms with Crippen molar-refractivity contribution in [3.05, 3.63) is 84.0 Å². The van der Waals surface area contributed by atoms with E-state index in [1.54, 1.807) is 12.1 Å². The van der Waals surface area contributed by atoms with Crippen LogP contribution in [0.3, 0.4) is 0 Å². The third-order valence-corrected chi connectivity index (χ3v) is 4.61. The Kier molecular flexibility index (Phi) is 4.37. The van der Waals surface area contributed by atoms with E-state index in [-0.39, 0.29) is 5.82 Å². The predicted molar refractivity (Wildman–Crippen MR) is 108 cm³/mol. The summed E-state index contributed by atoms with van der Waals surface area (Å²) >= 11 is 0. The van der Waals surface area contributed by atoms with E-state index in [1.807, 2.05) is 48.5 Å². The largest absolute Gasteiger partial charge is 0.486 e. The molecule has 1 aliphatic rings. The lowest BCUT2D eigenvalue weighted by atomic mass is 10.1. The van der Waals surface area contributed by atoms with Crippen LogP contribution in [-0.4, -0.2) is 13.2 Å². The lowest BCUT2D eigenvalue weighted by molar-refractivity contribution is 0.171. The Morgan fingerprint density at radius 3 is 2.52 bits per heavy atom. The minimum Gasteiger partial charge on any atom is -0.486 e. The van der Waals surface area contributed by atoms with E-state index in [4.69, 9.17) is 13.9 Å². The highest BCUT2D eigenvalue weighted by Crippen LogP contribution is 2.34. The molecule has 5 nitrogen and oxygen atoms in total. The molecule has 1 aromatic heterocycles. The van der Waals surface area contributed by atoms with Gasteiger partial charge in [0.2, 0.25) is 0 Å². The maximum atomic E-state index is 13.9. The number of ether oxygens (including phenoxy) is 2. The molecule has 0 spiro atoms. The Bertz CT molecular complexity index is 1250. The Balaban J connectivity index is 1.64. The molecule has 0 bridgehead atoms. The van der Waals surface area contributed by atoms with E-state index in [0.29, 0.717) is 46.8 Å². The van der Waals surface area contributed by atoms with Crippen molar-refractivity contribution in [1.82, 2.24) is 0 Å². The van der Waals surface area contributed by atoms with Crippen LogP contribution in [0.15, 0.2) is 82.3 Å². The van der Waals surface area contributed by atoms with E-state index in [9.17, 15) is 4.39 Å². The van der Waals surface area contributed by atoms with Crippen LogP contribution in [0, 0.1) is 5.82 Å². The highest BCUT2D eigenvalue weighted by atomic mass is 19.1. The first kappa shape index (κ1) is 17.3. The van der Waals surface area contributed by atoms with Crippen molar-refractivity contribution in [2.24, 2.45) is 5.10 Å². The molecule has 6 heteroatoms. The van der Waals surface area contributed by atoms with Crippen molar-refractivity contribution in [3.63, 3.8) is 0 Å². The van der Waals surface area contributed by atoms with E-state index in [0.717, 1.165) is 11.3 Å². The Morgan fingerprint density at radius 2 is 1.66 bits per heavy atom. The molecule has 144 valence electrons. The van der Waals surface area contributed by atoms with Crippen molar-refractivity contribution >= 4 is 16.7 Å². The third-order valence-electron chi connectivity index (χ3n) is 4.61. The van der Waals surface area contributed by atoms with Crippen molar-refractivity contribution in [1.29, 1.82) is 0 Å². The first-order valence-corrected chi connectivity index (χ1v) is 9.24. The molecule has 0 saturated heterocycles. The average molecular weight is 388 g/mol. The van der Waals surface area contributed by atoms with Crippen LogP contribution in [0.4, 0.5) is 10.1 Å². The van der Waals surface area contributed by atoms with Gasteiger partial charge in [-0.15, -0.1) is 0 Å². The second-order valence-corrected chi connectivity index (χ2v) is 6.58. The lowest BCUT2D eigenvalue weighted by Crippen LogP contribution is -2.15. The smallest absolute Gasteiger partial charge is 0.162 e. The van der Waals surface area contributed by atoms with Crippen LogP contribution < -0.4 is 20.3 Å². The summed E-state index contributed by atoms with van der Waals surface area (Å²) < 4.78 is 31.1. The zero-order valence-electron chi connectivity index (χ0n) is 15.4. The molecule has 0 aliphatic carbocycles. The van der Waals surface area contributed by atoms with Gasteiger partial charge in [-0.1, -0.05) is 18.2 Å². The summed E-state index contributed by atoms with van der Waals surface area (Å²) in [5.41, 5.74) is 5.20. The summed E-state index contributed by atoms with van der Waals surface area (Å²) in [5, 5.41) is 5.63. The molecule has 0 radical (unpaired) electrons. The van der Waals surface area contributed by atoms with Gasteiger partial charge in [-0.3, -0.25) is 5.43 Å². The fourth-order valence-corrected chi connectivity index (χ4v) is 3.21. The van der Waals surface area contributed by atoms with Gasteiger partial charge in [-0.05, 0) is 48.5 Å². The lowest BCUT2D eigenvalue weighted by Gasteiger charge is -2.18. The molecule has 0 amide bonds. The summed E-state index contributed by atoms with van der Waals surface area (Å²) in [6.45, 7) is 1.04. The predicted octanol–water partition coefficient (Wildman–Crippen LogP) is 4.94. The van der Waals surface area contributed by atoms with E-state index in [1.165, 1.54) is 12.1 Å². The minimum absolute atomic E-state index is 0.351. The topological polar surface area (TPSA) is 56.0 Å². The molecule has 0 fully saturated rings. The maximum absolute atomic E-state index is 13.9. The Morgan fingerprint density at radius 1 is 0.828 bits per heavy atom. The highest BCUT2D eigenvalue weighted by Gasteiger charge is 2.14. The van der Waals surface area contributed by atoms with Gasteiger partial charge in [-0.25, -0.2) is 4.39 Å². The van der Waals surface area contributed by atoms with Crippen LogP contribution in [0.1, 0.15) is 0 Å². The van der Waals surface area contributed by atoms with Gasteiger partial charge in [0.05, 0.1) is 11.0 Å². The fraction of sp³-hybridized carbons (Fsp3) is 0.0870. The van der Waals surface area contributed by atoms with Crippen molar-refractivity contribution < 1.29 is 18.3 Å². The van der Waals surface area contributed by atoms with Gasteiger partial charge < -0.3 is 13.9 Å².